The predicted molar refractivity (Wildman–Crippen MR) is 110 cm³/mol. The van der Waals surface area contributed by atoms with Crippen LogP contribution in [0.15, 0.2) is 53.6 Å². The first kappa shape index (κ1) is 20.5. The molecule has 5 heteroatoms. The Hall–Kier alpha value is -2.82. The Balaban J connectivity index is 2.04. The molecule has 2 aromatic carbocycles. The van der Waals surface area contributed by atoms with E-state index in [-0.39, 0.29) is 5.91 Å². The Morgan fingerprint density at radius 2 is 1.67 bits per heavy atom. The van der Waals surface area contributed by atoms with Gasteiger partial charge in [-0.05, 0) is 61.9 Å². The highest BCUT2D eigenvalue weighted by atomic mass is 16.5. The minimum Gasteiger partial charge on any atom is -0.497 e. The number of methoxy groups -OCH3 is 1. The number of hydrazone groups is 1. The number of carbonyl (C=O) groups excluding carboxylic acids is 1. The highest BCUT2D eigenvalue weighted by molar-refractivity contribution is 6.06. The van der Waals surface area contributed by atoms with Crippen molar-refractivity contribution in [1.82, 2.24) is 0 Å². The molecule has 0 aliphatic carbocycles. The van der Waals surface area contributed by atoms with Crippen LogP contribution >= 0.6 is 0 Å². The maximum atomic E-state index is 12.9. The van der Waals surface area contributed by atoms with Crippen LogP contribution in [0.4, 0.5) is 5.69 Å². The molecule has 0 saturated carbocycles. The SMILES string of the molecule is C/C=N/N(C(=O)c1ccc(OCCCCCC)cc1)c1ccc(OC)cc1. The zero-order valence-corrected chi connectivity index (χ0v) is 16.4. The Morgan fingerprint density at radius 3 is 2.26 bits per heavy atom. The molecular weight excluding hydrogens is 340 g/mol. The standard InChI is InChI=1S/C22H28N2O3/c1-4-6-7-8-17-27-21-13-9-18(10-14-21)22(25)24(23-5-2)19-11-15-20(26-3)16-12-19/h5,9-16H,4,6-8,17H2,1-3H3/b23-5+. The predicted octanol–water partition coefficient (Wildman–Crippen LogP) is 5.31. The van der Waals surface area contributed by atoms with Crippen LogP contribution < -0.4 is 14.5 Å². The largest absolute Gasteiger partial charge is 0.497 e. The average molecular weight is 368 g/mol. The Labute approximate surface area is 161 Å². The van der Waals surface area contributed by atoms with E-state index in [0.717, 1.165) is 17.9 Å². The maximum Gasteiger partial charge on any atom is 0.278 e. The molecule has 0 heterocycles. The second-order valence-electron chi connectivity index (χ2n) is 6.12. The van der Waals surface area contributed by atoms with Crippen molar-refractivity contribution in [2.24, 2.45) is 5.10 Å². The first-order chi connectivity index (χ1) is 13.2. The number of ether oxygens (including phenoxy) is 2. The Kier molecular flexibility index (Phi) is 8.36. The molecule has 1 amide bonds. The zero-order valence-electron chi connectivity index (χ0n) is 16.4. The van der Waals surface area contributed by atoms with E-state index in [0.29, 0.717) is 17.9 Å². The van der Waals surface area contributed by atoms with Gasteiger partial charge in [0.15, 0.2) is 0 Å². The quantitative estimate of drug-likeness (QED) is 0.324. The van der Waals surface area contributed by atoms with Crippen LogP contribution in [0, 0.1) is 0 Å². The fraction of sp³-hybridized carbons (Fsp3) is 0.364. The van der Waals surface area contributed by atoms with Gasteiger partial charge in [0.2, 0.25) is 0 Å². The van der Waals surface area contributed by atoms with E-state index in [1.165, 1.54) is 24.3 Å². The van der Waals surface area contributed by atoms with Gasteiger partial charge in [0.25, 0.3) is 5.91 Å². The van der Waals surface area contributed by atoms with Gasteiger partial charge in [-0.25, -0.2) is 0 Å². The van der Waals surface area contributed by atoms with Gasteiger partial charge in [-0.2, -0.15) is 10.1 Å². The minimum atomic E-state index is -0.201. The smallest absolute Gasteiger partial charge is 0.278 e. The van der Waals surface area contributed by atoms with Crippen LogP contribution in [0.5, 0.6) is 11.5 Å². The number of benzene rings is 2. The number of anilines is 1. The van der Waals surface area contributed by atoms with Crippen LogP contribution in [0.1, 0.15) is 49.9 Å². The van der Waals surface area contributed by atoms with E-state index in [4.69, 9.17) is 9.47 Å². The van der Waals surface area contributed by atoms with Crippen molar-refractivity contribution in [3.63, 3.8) is 0 Å². The van der Waals surface area contributed by atoms with E-state index in [1.807, 2.05) is 12.1 Å². The van der Waals surface area contributed by atoms with Crippen LogP contribution in [0.2, 0.25) is 0 Å². The third-order valence-corrected chi connectivity index (χ3v) is 4.11. The molecular formula is C22H28N2O3. The molecule has 0 unspecified atom stereocenters. The second kappa shape index (κ2) is 11.0. The molecule has 0 saturated heterocycles. The van der Waals surface area contributed by atoms with Gasteiger partial charge in [0, 0.05) is 11.8 Å². The first-order valence-electron chi connectivity index (χ1n) is 9.39. The van der Waals surface area contributed by atoms with Crippen molar-refractivity contribution in [3.05, 3.63) is 54.1 Å². The zero-order chi connectivity index (χ0) is 19.5. The number of nitrogens with zero attached hydrogens (tertiary/aromatic N) is 2. The molecule has 0 aliphatic rings. The summed E-state index contributed by atoms with van der Waals surface area (Å²) < 4.78 is 10.9. The van der Waals surface area contributed by atoms with Gasteiger partial charge in [-0.1, -0.05) is 26.2 Å². The molecule has 0 N–H and O–H groups in total. The highest BCUT2D eigenvalue weighted by Gasteiger charge is 2.17. The lowest BCUT2D eigenvalue weighted by atomic mass is 10.2. The summed E-state index contributed by atoms with van der Waals surface area (Å²) in [4.78, 5) is 12.9. The maximum absolute atomic E-state index is 12.9. The molecule has 5 nitrogen and oxygen atoms in total. The van der Waals surface area contributed by atoms with Crippen LogP contribution in [-0.2, 0) is 0 Å². The summed E-state index contributed by atoms with van der Waals surface area (Å²) in [6, 6.07) is 14.4. The monoisotopic (exact) mass is 368 g/mol. The molecule has 0 fully saturated rings. The number of hydrogen-bond donors (Lipinski definition) is 0. The Morgan fingerprint density at radius 1 is 1.00 bits per heavy atom. The Bertz CT molecular complexity index is 724. The summed E-state index contributed by atoms with van der Waals surface area (Å²) in [5, 5.41) is 5.59. The molecule has 2 aromatic rings. The third kappa shape index (κ3) is 6.13. The van der Waals surface area contributed by atoms with Crippen LogP contribution in [0.25, 0.3) is 0 Å². The number of rotatable bonds is 10. The fourth-order valence-electron chi connectivity index (χ4n) is 2.61. The van der Waals surface area contributed by atoms with Gasteiger partial charge in [0.1, 0.15) is 11.5 Å². The van der Waals surface area contributed by atoms with Gasteiger partial charge in [-0.15, -0.1) is 0 Å². The summed E-state index contributed by atoms with van der Waals surface area (Å²) in [6.07, 6.45) is 6.26. The van der Waals surface area contributed by atoms with E-state index in [2.05, 4.69) is 12.0 Å². The van der Waals surface area contributed by atoms with Crippen molar-refractivity contribution < 1.29 is 14.3 Å². The average Bonchev–Trinajstić information content (AvgIpc) is 2.72. The molecule has 27 heavy (non-hydrogen) atoms. The van der Waals surface area contributed by atoms with Crippen molar-refractivity contribution in [2.45, 2.75) is 39.5 Å². The lowest BCUT2D eigenvalue weighted by molar-refractivity contribution is 0.0987. The van der Waals surface area contributed by atoms with Crippen molar-refractivity contribution in [1.29, 1.82) is 0 Å². The topological polar surface area (TPSA) is 51.1 Å². The minimum absolute atomic E-state index is 0.201. The van der Waals surface area contributed by atoms with Gasteiger partial charge < -0.3 is 9.47 Å². The number of unbranched alkanes of at least 4 members (excludes halogenated alkanes) is 3. The second-order valence-corrected chi connectivity index (χ2v) is 6.12. The third-order valence-electron chi connectivity index (χ3n) is 4.11. The number of carbonyl (C=O) groups is 1. The molecule has 0 atom stereocenters. The van der Waals surface area contributed by atoms with E-state index >= 15 is 0 Å². The van der Waals surface area contributed by atoms with Crippen molar-refractivity contribution in [2.75, 3.05) is 18.7 Å². The molecule has 0 aromatic heterocycles. The fourth-order valence-corrected chi connectivity index (χ4v) is 2.61. The summed E-state index contributed by atoms with van der Waals surface area (Å²) in [5.41, 5.74) is 1.23. The summed E-state index contributed by atoms with van der Waals surface area (Å²) in [7, 11) is 1.61. The van der Waals surface area contributed by atoms with Gasteiger partial charge in [-0.3, -0.25) is 4.79 Å². The molecule has 144 valence electrons. The molecule has 0 radical (unpaired) electrons. The molecule has 2 rings (SSSR count). The molecule has 0 spiro atoms. The number of amides is 1. The summed E-state index contributed by atoms with van der Waals surface area (Å²) in [6.45, 7) is 4.67. The van der Waals surface area contributed by atoms with Crippen LogP contribution in [-0.4, -0.2) is 25.8 Å². The molecule has 0 aliphatic heterocycles. The van der Waals surface area contributed by atoms with Gasteiger partial charge in [0.05, 0.1) is 19.4 Å². The van der Waals surface area contributed by atoms with Gasteiger partial charge >= 0.3 is 0 Å². The van der Waals surface area contributed by atoms with Crippen molar-refractivity contribution in [3.8, 4) is 11.5 Å². The van der Waals surface area contributed by atoms with Crippen molar-refractivity contribution >= 4 is 17.8 Å². The first-order valence-corrected chi connectivity index (χ1v) is 9.39. The summed E-state index contributed by atoms with van der Waals surface area (Å²) >= 11 is 0. The summed E-state index contributed by atoms with van der Waals surface area (Å²) in [5.74, 6) is 1.30. The number of hydrogen-bond acceptors (Lipinski definition) is 4. The van der Waals surface area contributed by atoms with E-state index in [9.17, 15) is 4.79 Å². The lowest BCUT2D eigenvalue weighted by Crippen LogP contribution is -2.25. The van der Waals surface area contributed by atoms with Crippen LogP contribution in [0.3, 0.4) is 0 Å². The highest BCUT2D eigenvalue weighted by Crippen LogP contribution is 2.22. The van der Waals surface area contributed by atoms with E-state index in [1.54, 1.807) is 56.6 Å². The molecule has 0 bridgehead atoms. The normalized spacial score (nSPS) is 10.8. The van der Waals surface area contributed by atoms with E-state index < -0.39 is 0 Å². The lowest BCUT2D eigenvalue weighted by Gasteiger charge is -2.17.